The SMILES string of the molecule is CCC(N)C(Sc1ccccn1)c1cccs1. The first-order chi connectivity index (χ1) is 8.31. The molecule has 0 aromatic carbocycles. The fourth-order valence-electron chi connectivity index (χ4n) is 1.57. The molecule has 2 rings (SSSR count). The van der Waals surface area contributed by atoms with Gasteiger partial charge in [0.25, 0.3) is 0 Å². The first kappa shape index (κ1) is 12.6. The number of rotatable bonds is 5. The highest BCUT2D eigenvalue weighted by Gasteiger charge is 2.21. The summed E-state index contributed by atoms with van der Waals surface area (Å²) in [6.07, 6.45) is 2.80. The van der Waals surface area contributed by atoms with Crippen molar-refractivity contribution in [3.8, 4) is 0 Å². The van der Waals surface area contributed by atoms with Gasteiger partial charge in [0.15, 0.2) is 0 Å². The van der Waals surface area contributed by atoms with Crippen LogP contribution in [0, 0.1) is 0 Å². The van der Waals surface area contributed by atoms with Gasteiger partial charge in [-0.05, 0) is 30.0 Å². The van der Waals surface area contributed by atoms with Crippen LogP contribution in [0.1, 0.15) is 23.5 Å². The topological polar surface area (TPSA) is 38.9 Å². The molecular formula is C13H16N2S2. The molecule has 0 aliphatic carbocycles. The standard InChI is InChI=1S/C13H16N2S2/c1-2-10(14)13(11-6-5-9-16-11)17-12-7-3-4-8-15-12/h3-10,13H,2,14H2,1H3. The van der Waals surface area contributed by atoms with Crippen molar-refractivity contribution in [1.29, 1.82) is 0 Å². The van der Waals surface area contributed by atoms with Crippen LogP contribution in [0.3, 0.4) is 0 Å². The number of nitrogens with zero attached hydrogens (tertiary/aromatic N) is 1. The van der Waals surface area contributed by atoms with Crippen molar-refractivity contribution in [3.05, 3.63) is 46.8 Å². The summed E-state index contributed by atoms with van der Waals surface area (Å²) in [6.45, 7) is 2.13. The molecule has 2 unspecified atom stereocenters. The Morgan fingerprint density at radius 2 is 2.24 bits per heavy atom. The number of pyridine rings is 1. The van der Waals surface area contributed by atoms with E-state index in [1.54, 1.807) is 23.1 Å². The lowest BCUT2D eigenvalue weighted by Crippen LogP contribution is -2.25. The minimum atomic E-state index is 0.167. The molecule has 17 heavy (non-hydrogen) atoms. The molecule has 0 saturated heterocycles. The van der Waals surface area contributed by atoms with E-state index in [1.165, 1.54) is 4.88 Å². The highest BCUT2D eigenvalue weighted by atomic mass is 32.2. The van der Waals surface area contributed by atoms with Crippen LogP contribution >= 0.6 is 23.1 Å². The Balaban J connectivity index is 2.17. The Bertz CT molecular complexity index is 428. The van der Waals surface area contributed by atoms with E-state index >= 15 is 0 Å². The molecule has 2 N–H and O–H groups in total. The summed E-state index contributed by atoms with van der Waals surface area (Å²) in [5, 5.41) is 3.44. The third kappa shape index (κ3) is 3.31. The Morgan fingerprint density at radius 1 is 1.35 bits per heavy atom. The van der Waals surface area contributed by atoms with Gasteiger partial charge in [0.1, 0.15) is 0 Å². The van der Waals surface area contributed by atoms with Crippen molar-refractivity contribution in [2.75, 3.05) is 0 Å². The minimum Gasteiger partial charge on any atom is -0.326 e. The van der Waals surface area contributed by atoms with Gasteiger partial charge >= 0.3 is 0 Å². The van der Waals surface area contributed by atoms with Gasteiger partial charge in [-0.3, -0.25) is 0 Å². The van der Waals surface area contributed by atoms with Gasteiger partial charge in [-0.2, -0.15) is 0 Å². The van der Waals surface area contributed by atoms with Crippen molar-refractivity contribution in [2.45, 2.75) is 29.7 Å². The van der Waals surface area contributed by atoms with Gasteiger partial charge in [0.2, 0.25) is 0 Å². The summed E-state index contributed by atoms with van der Waals surface area (Å²) in [7, 11) is 0. The quantitative estimate of drug-likeness (QED) is 0.837. The van der Waals surface area contributed by atoms with Gasteiger partial charge in [-0.15, -0.1) is 11.3 Å². The summed E-state index contributed by atoms with van der Waals surface area (Å²) in [4.78, 5) is 5.69. The van der Waals surface area contributed by atoms with E-state index in [0.29, 0.717) is 5.25 Å². The van der Waals surface area contributed by atoms with Crippen molar-refractivity contribution in [3.63, 3.8) is 0 Å². The molecule has 0 fully saturated rings. The number of nitrogens with two attached hydrogens (primary N) is 1. The second-order valence-corrected chi connectivity index (χ2v) is 5.94. The smallest absolute Gasteiger partial charge is 0.0966 e. The molecule has 0 aliphatic heterocycles. The van der Waals surface area contributed by atoms with E-state index in [9.17, 15) is 0 Å². The number of hydrogen-bond donors (Lipinski definition) is 1. The van der Waals surface area contributed by atoms with E-state index < -0.39 is 0 Å². The predicted octanol–water partition coefficient (Wildman–Crippen LogP) is 3.71. The van der Waals surface area contributed by atoms with Gasteiger partial charge < -0.3 is 5.73 Å². The van der Waals surface area contributed by atoms with Crippen molar-refractivity contribution < 1.29 is 0 Å². The molecule has 4 heteroatoms. The minimum absolute atomic E-state index is 0.167. The van der Waals surface area contributed by atoms with Crippen molar-refractivity contribution in [1.82, 2.24) is 4.98 Å². The zero-order valence-corrected chi connectivity index (χ0v) is 11.4. The number of thiophene rings is 1. The maximum absolute atomic E-state index is 6.21. The lowest BCUT2D eigenvalue weighted by atomic mass is 10.1. The summed E-state index contributed by atoms with van der Waals surface area (Å²) in [5.41, 5.74) is 6.21. The zero-order chi connectivity index (χ0) is 12.1. The molecule has 0 amide bonds. The maximum atomic E-state index is 6.21. The van der Waals surface area contributed by atoms with Crippen LogP contribution in [0.4, 0.5) is 0 Å². The Hall–Kier alpha value is -0.840. The number of hydrogen-bond acceptors (Lipinski definition) is 4. The van der Waals surface area contributed by atoms with Crippen LogP contribution in [0.2, 0.25) is 0 Å². The molecule has 2 aromatic heterocycles. The molecule has 0 spiro atoms. The molecule has 0 saturated carbocycles. The average molecular weight is 264 g/mol. The van der Waals surface area contributed by atoms with Gasteiger partial charge in [0, 0.05) is 17.1 Å². The monoisotopic (exact) mass is 264 g/mol. The van der Waals surface area contributed by atoms with E-state index in [2.05, 4.69) is 29.4 Å². The number of thioether (sulfide) groups is 1. The Kier molecular flexibility index (Phi) is 4.59. The van der Waals surface area contributed by atoms with Crippen LogP contribution in [0.15, 0.2) is 46.9 Å². The third-order valence-corrected chi connectivity index (χ3v) is 5.01. The van der Waals surface area contributed by atoms with Crippen LogP contribution in [-0.2, 0) is 0 Å². The summed E-state index contributed by atoms with van der Waals surface area (Å²) < 4.78 is 0. The second-order valence-electron chi connectivity index (χ2n) is 3.79. The van der Waals surface area contributed by atoms with Crippen LogP contribution in [0.5, 0.6) is 0 Å². The van der Waals surface area contributed by atoms with E-state index in [0.717, 1.165) is 11.4 Å². The molecule has 2 nitrogen and oxygen atoms in total. The summed E-state index contributed by atoms with van der Waals surface area (Å²) in [5.74, 6) is 0. The molecule has 90 valence electrons. The molecule has 2 aromatic rings. The average Bonchev–Trinajstić information content (AvgIpc) is 2.90. The first-order valence-corrected chi connectivity index (χ1v) is 7.44. The van der Waals surface area contributed by atoms with E-state index in [1.807, 2.05) is 24.4 Å². The fraction of sp³-hybridized carbons (Fsp3) is 0.308. The van der Waals surface area contributed by atoms with E-state index in [4.69, 9.17) is 5.73 Å². The highest BCUT2D eigenvalue weighted by molar-refractivity contribution is 7.99. The number of aromatic nitrogens is 1. The Morgan fingerprint density at radius 3 is 2.82 bits per heavy atom. The van der Waals surface area contributed by atoms with Crippen molar-refractivity contribution in [2.24, 2.45) is 5.73 Å². The zero-order valence-electron chi connectivity index (χ0n) is 9.74. The normalized spacial score (nSPS) is 14.5. The lowest BCUT2D eigenvalue weighted by molar-refractivity contribution is 0.639. The summed E-state index contributed by atoms with van der Waals surface area (Å²) in [6, 6.07) is 10.4. The van der Waals surface area contributed by atoms with Gasteiger partial charge in [-0.1, -0.05) is 30.8 Å². The van der Waals surface area contributed by atoms with Crippen molar-refractivity contribution >= 4 is 23.1 Å². The van der Waals surface area contributed by atoms with Gasteiger partial charge in [-0.25, -0.2) is 4.98 Å². The fourth-order valence-corrected chi connectivity index (χ4v) is 3.76. The second kappa shape index (κ2) is 6.19. The molecule has 0 bridgehead atoms. The third-order valence-electron chi connectivity index (χ3n) is 2.57. The largest absolute Gasteiger partial charge is 0.326 e. The lowest BCUT2D eigenvalue weighted by Gasteiger charge is -2.20. The summed E-state index contributed by atoms with van der Waals surface area (Å²) >= 11 is 3.52. The highest BCUT2D eigenvalue weighted by Crippen LogP contribution is 2.38. The first-order valence-electron chi connectivity index (χ1n) is 5.68. The molecular weight excluding hydrogens is 248 g/mol. The molecule has 2 heterocycles. The molecule has 2 atom stereocenters. The van der Waals surface area contributed by atoms with Crippen LogP contribution in [-0.4, -0.2) is 11.0 Å². The van der Waals surface area contributed by atoms with Gasteiger partial charge in [0.05, 0.1) is 10.3 Å². The maximum Gasteiger partial charge on any atom is 0.0966 e. The van der Waals surface area contributed by atoms with Crippen LogP contribution < -0.4 is 5.73 Å². The molecule has 0 aliphatic rings. The predicted molar refractivity (Wildman–Crippen MR) is 75.4 cm³/mol. The van der Waals surface area contributed by atoms with Crippen LogP contribution in [0.25, 0.3) is 0 Å². The van der Waals surface area contributed by atoms with E-state index in [-0.39, 0.29) is 6.04 Å². The Labute approximate surface area is 110 Å². The molecule has 0 radical (unpaired) electrons.